The van der Waals surface area contributed by atoms with Gasteiger partial charge < -0.3 is 0 Å². The van der Waals surface area contributed by atoms with Crippen LogP contribution in [0.1, 0.15) is 0 Å². The first kappa shape index (κ1) is 26.1. The Morgan fingerprint density at radius 1 is 0.442 bits per heavy atom. The molecule has 0 aliphatic rings. The van der Waals surface area contributed by atoms with Crippen LogP contribution >= 0.6 is 22.7 Å². The summed E-state index contributed by atoms with van der Waals surface area (Å²) in [5.41, 5.74) is 0. The summed E-state index contributed by atoms with van der Waals surface area (Å²) in [5, 5.41) is 5.54. The third-order valence-corrected chi connectivity index (χ3v) is 21.4. The minimum atomic E-state index is -0.265. The number of fused-ring (bicyclic) bond motifs is 9. The Morgan fingerprint density at radius 3 is 1.65 bits per heavy atom. The van der Waals surface area contributed by atoms with Crippen molar-refractivity contribution in [1.82, 2.24) is 0 Å². The van der Waals surface area contributed by atoms with Crippen LogP contribution in [-0.2, 0) is 0 Å². The molecule has 0 atom stereocenters. The molecule has 4 aromatic carbocycles. The van der Waals surface area contributed by atoms with E-state index in [1.165, 1.54) is 29.1 Å². The van der Waals surface area contributed by atoms with Crippen molar-refractivity contribution >= 4 is 149 Å². The predicted octanol–water partition coefficient (Wildman–Crippen LogP) is 9.86. The molecule has 0 aliphatic carbocycles. The van der Waals surface area contributed by atoms with Gasteiger partial charge in [0.1, 0.15) is 0 Å². The fourth-order valence-electron chi connectivity index (χ4n) is 5.94. The van der Waals surface area contributed by atoms with Crippen molar-refractivity contribution < 1.29 is 13.2 Å². The molecule has 10 aromatic rings. The molecule has 206 valence electrons. The maximum atomic E-state index is 16.0. The molecule has 0 nitrogen and oxygen atoms in total. The quantitative estimate of drug-likeness (QED) is 0.152. The number of thiophene rings is 2. The van der Waals surface area contributed by atoms with Gasteiger partial charge in [-0.05, 0) is 0 Å². The van der Waals surface area contributed by atoms with Gasteiger partial charge in [-0.25, -0.2) is 0 Å². The molecule has 0 spiro atoms. The van der Waals surface area contributed by atoms with Crippen LogP contribution in [0.15, 0.2) is 78.9 Å². The molecule has 0 radical (unpaired) electrons. The number of halogens is 3. The van der Waals surface area contributed by atoms with Crippen LogP contribution in [-0.4, -0.2) is 58.0 Å². The molecule has 6 aromatic heterocycles. The van der Waals surface area contributed by atoms with E-state index >= 15 is 13.2 Å². The average molecular weight is 858 g/mol. The van der Waals surface area contributed by atoms with Crippen molar-refractivity contribution in [3.63, 3.8) is 0 Å². The Hall–Kier alpha value is -2.11. The van der Waals surface area contributed by atoms with E-state index in [2.05, 4.69) is 30.3 Å². The summed E-state index contributed by atoms with van der Waals surface area (Å²) < 4.78 is 59.2. The second-order valence-electron chi connectivity index (χ2n) is 10.4. The molecule has 0 fully saturated rings. The summed E-state index contributed by atoms with van der Waals surface area (Å²) in [6.07, 6.45) is 0. The Labute approximate surface area is 273 Å². The summed E-state index contributed by atoms with van der Waals surface area (Å²) in [6.45, 7) is 0. The van der Waals surface area contributed by atoms with Crippen molar-refractivity contribution in [1.29, 1.82) is 0 Å². The van der Waals surface area contributed by atoms with Gasteiger partial charge in [-0.15, -0.1) is 0 Å². The topological polar surface area (TPSA) is 0 Å². The summed E-state index contributed by atoms with van der Waals surface area (Å²) in [7, 11) is 0. The minimum absolute atomic E-state index is 0.00292. The second-order valence-corrected chi connectivity index (χ2v) is 21.4. The van der Waals surface area contributed by atoms with Crippen molar-refractivity contribution in [3.05, 3.63) is 96.3 Å². The standard InChI is InChI=1S/C34H13F3S2Se4/c35-27-15-5-1-3-7-22(15)41-32(27)26-10-14-9-17-20(12-24(14)40-26)38-31-18-11-19-25(13-21(18)39-30(17)31)43-34(29(19)37)33-28(36)16-6-2-4-8-23(16)42-33/h1-13H. The Balaban J connectivity index is 1.13. The Kier molecular flexibility index (Phi) is 5.75. The number of hydrogen-bond acceptors (Lipinski definition) is 2. The Morgan fingerprint density at radius 2 is 0.977 bits per heavy atom. The first-order chi connectivity index (χ1) is 21.0. The van der Waals surface area contributed by atoms with Gasteiger partial charge in [0.15, 0.2) is 0 Å². The molecule has 0 saturated heterocycles. The van der Waals surface area contributed by atoms with Crippen LogP contribution in [0, 0.1) is 17.5 Å². The number of rotatable bonds is 2. The van der Waals surface area contributed by atoms with E-state index < -0.39 is 0 Å². The van der Waals surface area contributed by atoms with Gasteiger partial charge in [0.2, 0.25) is 0 Å². The molecule has 0 bridgehead atoms. The first-order valence-corrected chi connectivity index (χ1v) is 21.8. The van der Waals surface area contributed by atoms with Crippen LogP contribution in [0.3, 0.4) is 0 Å². The van der Waals surface area contributed by atoms with Gasteiger partial charge in [-0.3, -0.25) is 0 Å². The molecule has 43 heavy (non-hydrogen) atoms. The molecule has 0 amide bonds. The molecule has 0 aliphatic heterocycles. The van der Waals surface area contributed by atoms with Gasteiger partial charge in [-0.1, -0.05) is 0 Å². The van der Waals surface area contributed by atoms with E-state index in [1.54, 1.807) is 28.7 Å². The molecule has 6 heterocycles. The van der Waals surface area contributed by atoms with Crippen molar-refractivity contribution in [2.75, 3.05) is 0 Å². The molecular weight excluding hydrogens is 845 g/mol. The van der Waals surface area contributed by atoms with E-state index in [0.717, 1.165) is 37.1 Å². The van der Waals surface area contributed by atoms with Crippen molar-refractivity contribution in [3.8, 4) is 17.7 Å². The molecule has 10 rings (SSSR count). The van der Waals surface area contributed by atoms with Gasteiger partial charge >= 0.3 is 276 Å². The van der Waals surface area contributed by atoms with Gasteiger partial charge in [0.25, 0.3) is 0 Å². The van der Waals surface area contributed by atoms with Crippen LogP contribution < -0.4 is 0 Å². The van der Waals surface area contributed by atoms with Crippen LogP contribution in [0.5, 0.6) is 0 Å². The molecule has 0 N–H and O–H groups in total. The maximum absolute atomic E-state index is 16.0. The van der Waals surface area contributed by atoms with Gasteiger partial charge in [-0.2, -0.15) is 0 Å². The summed E-state index contributed by atoms with van der Waals surface area (Å²) in [6, 6.07) is 26.4. The normalized spacial score (nSPS) is 12.5. The summed E-state index contributed by atoms with van der Waals surface area (Å²) in [4.78, 5) is 0. The summed E-state index contributed by atoms with van der Waals surface area (Å²) >= 11 is 3.13. The fraction of sp³-hybridized carbons (Fsp3) is 0. The zero-order valence-electron chi connectivity index (χ0n) is 21.6. The van der Waals surface area contributed by atoms with E-state index in [9.17, 15) is 0 Å². The zero-order valence-corrected chi connectivity index (χ0v) is 30.1. The van der Waals surface area contributed by atoms with E-state index in [0.29, 0.717) is 19.6 Å². The van der Waals surface area contributed by atoms with Crippen LogP contribution in [0.2, 0.25) is 0 Å². The third-order valence-electron chi connectivity index (χ3n) is 7.97. The van der Waals surface area contributed by atoms with Gasteiger partial charge in [0, 0.05) is 0 Å². The molecule has 0 unspecified atom stereocenters. The second kappa shape index (κ2) is 9.45. The van der Waals surface area contributed by atoms with E-state index in [1.807, 2.05) is 42.5 Å². The van der Waals surface area contributed by atoms with Gasteiger partial charge in [0.05, 0.1) is 0 Å². The van der Waals surface area contributed by atoms with E-state index in [-0.39, 0.29) is 75.5 Å². The average Bonchev–Trinajstić information content (AvgIpc) is 3.85. The first-order valence-electron chi connectivity index (χ1n) is 13.3. The molecular formula is C34H13F3S2Se4. The predicted molar refractivity (Wildman–Crippen MR) is 183 cm³/mol. The summed E-state index contributed by atoms with van der Waals surface area (Å²) in [5.74, 6) is -0.524. The van der Waals surface area contributed by atoms with Crippen LogP contribution in [0.4, 0.5) is 13.2 Å². The fourth-order valence-corrected chi connectivity index (χ4v) is 19.3. The van der Waals surface area contributed by atoms with Crippen LogP contribution in [0.25, 0.3) is 85.9 Å². The number of benzene rings is 4. The monoisotopic (exact) mass is 862 g/mol. The Bertz CT molecular complexity index is 2790. The third kappa shape index (κ3) is 3.73. The SMILES string of the molecule is Fc1c(-c2cc3cc4c(cc3[se]2)sc2c3cc5c(F)c(-c6[se]c7ccccc7c6F)[se]c5cc3sc42)[se]c2ccccc12. The molecule has 9 heteroatoms. The zero-order chi connectivity index (χ0) is 28.6. The van der Waals surface area contributed by atoms with Crippen molar-refractivity contribution in [2.24, 2.45) is 0 Å². The molecule has 0 saturated carbocycles. The van der Waals surface area contributed by atoms with Crippen molar-refractivity contribution in [2.45, 2.75) is 0 Å². The number of hydrogen-bond donors (Lipinski definition) is 0. The van der Waals surface area contributed by atoms with E-state index in [4.69, 9.17) is 0 Å².